The topological polar surface area (TPSA) is 119 Å². The van der Waals surface area contributed by atoms with Crippen molar-refractivity contribution in [2.75, 3.05) is 5.32 Å². The molecule has 1 aromatic carbocycles. The molecule has 2 aliphatic rings. The van der Waals surface area contributed by atoms with Crippen molar-refractivity contribution < 1.29 is 24.2 Å². The molecule has 7 heteroatoms. The summed E-state index contributed by atoms with van der Waals surface area (Å²) in [5.41, 5.74) is 5.97. The van der Waals surface area contributed by atoms with Gasteiger partial charge in [0.05, 0.1) is 24.0 Å². The molecule has 0 spiro atoms. The van der Waals surface area contributed by atoms with Crippen LogP contribution in [0.5, 0.6) is 0 Å². The summed E-state index contributed by atoms with van der Waals surface area (Å²) in [7, 11) is 0. The van der Waals surface area contributed by atoms with Gasteiger partial charge in [-0.2, -0.15) is 0 Å². The number of anilines is 1. The largest absolute Gasteiger partial charge is 0.481 e. The number of nitrogens with one attached hydrogen (secondary N) is 1. The van der Waals surface area contributed by atoms with Crippen LogP contribution >= 0.6 is 0 Å². The lowest BCUT2D eigenvalue weighted by atomic mass is 9.78. The van der Waals surface area contributed by atoms with Crippen molar-refractivity contribution in [1.29, 1.82) is 0 Å². The minimum Gasteiger partial charge on any atom is -0.481 e. The third kappa shape index (κ3) is 2.43. The molecule has 2 aliphatic heterocycles. The highest BCUT2D eigenvalue weighted by molar-refractivity contribution is 5.97. The van der Waals surface area contributed by atoms with E-state index in [9.17, 15) is 19.5 Å². The van der Waals surface area contributed by atoms with Gasteiger partial charge in [0.1, 0.15) is 0 Å². The first-order chi connectivity index (χ1) is 10.5. The summed E-state index contributed by atoms with van der Waals surface area (Å²) < 4.78 is 5.57. The number of hydrogen-bond acceptors (Lipinski definition) is 4. The highest BCUT2D eigenvalue weighted by Gasteiger charge is 2.55. The molecule has 0 unspecified atom stereocenters. The van der Waals surface area contributed by atoms with Crippen LogP contribution in [0.4, 0.5) is 5.69 Å². The number of hydrogen-bond donors (Lipinski definition) is 3. The average Bonchev–Trinajstić information content (AvgIpc) is 3.08. The van der Waals surface area contributed by atoms with Gasteiger partial charge in [-0.3, -0.25) is 14.4 Å². The maximum atomic E-state index is 12.4. The van der Waals surface area contributed by atoms with E-state index in [1.54, 1.807) is 12.1 Å². The van der Waals surface area contributed by atoms with Crippen LogP contribution < -0.4 is 11.1 Å². The van der Waals surface area contributed by atoms with E-state index < -0.39 is 23.7 Å². The van der Waals surface area contributed by atoms with Crippen molar-refractivity contribution in [2.45, 2.75) is 25.0 Å². The zero-order chi connectivity index (χ0) is 15.9. The number of rotatable bonds is 4. The normalized spacial score (nSPS) is 29.3. The fourth-order valence-corrected chi connectivity index (χ4v) is 3.27. The average molecular weight is 304 g/mol. The van der Waals surface area contributed by atoms with Gasteiger partial charge in [0.15, 0.2) is 0 Å². The second-order valence-electron chi connectivity index (χ2n) is 5.61. The molecule has 2 fully saturated rings. The highest BCUT2D eigenvalue weighted by Crippen LogP contribution is 2.44. The molecule has 2 bridgehead atoms. The second kappa shape index (κ2) is 5.42. The van der Waals surface area contributed by atoms with Crippen LogP contribution in [0.15, 0.2) is 24.3 Å². The molecule has 22 heavy (non-hydrogen) atoms. The first-order valence-electron chi connectivity index (χ1n) is 7.06. The molecular formula is C15H16N2O5. The van der Waals surface area contributed by atoms with E-state index in [0.717, 1.165) is 0 Å². The Morgan fingerprint density at radius 1 is 1.09 bits per heavy atom. The van der Waals surface area contributed by atoms with Gasteiger partial charge in [-0.15, -0.1) is 0 Å². The van der Waals surface area contributed by atoms with Crippen molar-refractivity contribution in [3.8, 4) is 0 Å². The number of carbonyl (C=O) groups excluding carboxylic acids is 2. The molecule has 0 radical (unpaired) electrons. The molecule has 2 heterocycles. The van der Waals surface area contributed by atoms with Crippen LogP contribution in [0.1, 0.15) is 23.2 Å². The summed E-state index contributed by atoms with van der Waals surface area (Å²) >= 11 is 0. The predicted molar refractivity (Wildman–Crippen MR) is 76.1 cm³/mol. The van der Waals surface area contributed by atoms with Crippen molar-refractivity contribution in [2.24, 2.45) is 17.6 Å². The lowest BCUT2D eigenvalue weighted by Gasteiger charge is -2.23. The van der Waals surface area contributed by atoms with Crippen molar-refractivity contribution in [3.63, 3.8) is 0 Å². The molecule has 0 aliphatic carbocycles. The molecule has 0 saturated carbocycles. The molecule has 0 aromatic heterocycles. The summed E-state index contributed by atoms with van der Waals surface area (Å²) in [4.78, 5) is 34.8. The van der Waals surface area contributed by atoms with E-state index in [-0.39, 0.29) is 18.1 Å². The molecule has 3 rings (SSSR count). The maximum absolute atomic E-state index is 12.4. The Morgan fingerprint density at radius 2 is 1.68 bits per heavy atom. The molecule has 4 atom stereocenters. The van der Waals surface area contributed by atoms with E-state index in [1.807, 2.05) is 0 Å². The number of primary amides is 1. The van der Waals surface area contributed by atoms with E-state index in [4.69, 9.17) is 10.5 Å². The summed E-state index contributed by atoms with van der Waals surface area (Å²) in [6, 6.07) is 6.12. The fourth-order valence-electron chi connectivity index (χ4n) is 3.27. The van der Waals surface area contributed by atoms with Gasteiger partial charge in [0.25, 0.3) is 0 Å². The zero-order valence-corrected chi connectivity index (χ0v) is 11.7. The monoisotopic (exact) mass is 304 g/mol. The molecule has 2 saturated heterocycles. The molecule has 2 amide bonds. The Morgan fingerprint density at radius 3 is 2.23 bits per heavy atom. The number of carbonyl (C=O) groups is 3. The number of nitrogens with two attached hydrogens (primary N) is 1. The Bertz CT molecular complexity index is 627. The second-order valence-corrected chi connectivity index (χ2v) is 5.61. The highest BCUT2D eigenvalue weighted by atomic mass is 16.5. The molecule has 1 aromatic rings. The Labute approximate surface area is 126 Å². The molecule has 116 valence electrons. The minimum absolute atomic E-state index is 0.337. The van der Waals surface area contributed by atoms with Crippen LogP contribution in [-0.4, -0.2) is 35.1 Å². The molecule has 7 nitrogen and oxygen atoms in total. The zero-order valence-electron chi connectivity index (χ0n) is 11.7. The van der Waals surface area contributed by atoms with Gasteiger partial charge < -0.3 is 20.9 Å². The number of amides is 2. The number of ether oxygens (including phenoxy) is 1. The Kier molecular flexibility index (Phi) is 3.58. The summed E-state index contributed by atoms with van der Waals surface area (Å²) in [6.45, 7) is 0. The third-order valence-corrected chi connectivity index (χ3v) is 4.30. The lowest BCUT2D eigenvalue weighted by molar-refractivity contribution is -0.147. The number of fused-ring (bicyclic) bond motifs is 2. The number of benzene rings is 1. The van der Waals surface area contributed by atoms with E-state index >= 15 is 0 Å². The fraction of sp³-hybridized carbons (Fsp3) is 0.400. The maximum Gasteiger partial charge on any atom is 0.310 e. The van der Waals surface area contributed by atoms with E-state index in [0.29, 0.717) is 24.1 Å². The van der Waals surface area contributed by atoms with Crippen LogP contribution in [0, 0.1) is 11.8 Å². The van der Waals surface area contributed by atoms with E-state index in [2.05, 4.69) is 5.32 Å². The van der Waals surface area contributed by atoms with Gasteiger partial charge in [-0.1, -0.05) is 0 Å². The standard InChI is InChI=1S/C15H16N2O5/c16-13(18)7-1-3-8(4-2-7)17-14(19)11-9-5-6-10(22-9)12(11)15(20)21/h1-4,9-12H,5-6H2,(H2,16,18)(H,17,19)(H,20,21)/t9-,10+,11+,12-/m0/s1. The molecule has 4 N–H and O–H groups in total. The van der Waals surface area contributed by atoms with E-state index in [1.165, 1.54) is 12.1 Å². The summed E-state index contributed by atoms with van der Waals surface area (Å²) in [5, 5.41) is 12.0. The quantitative estimate of drug-likeness (QED) is 0.752. The first kappa shape index (κ1) is 14.5. The predicted octanol–water partition coefficient (Wildman–Crippen LogP) is 0.602. The summed E-state index contributed by atoms with van der Waals surface area (Å²) in [5.74, 6) is -3.41. The SMILES string of the molecule is NC(=O)c1ccc(NC(=O)[C@H]2[C@@H](C(=O)O)[C@H]3CC[C@@H]2O3)cc1. The minimum atomic E-state index is -1.00. The van der Waals surface area contributed by atoms with Gasteiger partial charge in [0, 0.05) is 11.3 Å². The Hall–Kier alpha value is -2.41. The first-order valence-corrected chi connectivity index (χ1v) is 7.06. The van der Waals surface area contributed by atoms with Gasteiger partial charge in [0.2, 0.25) is 11.8 Å². The van der Waals surface area contributed by atoms with Gasteiger partial charge in [-0.25, -0.2) is 0 Å². The number of carboxylic acid groups (broad SMARTS) is 1. The lowest BCUT2D eigenvalue weighted by Crippen LogP contribution is -2.40. The third-order valence-electron chi connectivity index (χ3n) is 4.30. The van der Waals surface area contributed by atoms with Crippen molar-refractivity contribution >= 4 is 23.5 Å². The van der Waals surface area contributed by atoms with Gasteiger partial charge >= 0.3 is 5.97 Å². The molecular weight excluding hydrogens is 288 g/mol. The Balaban J connectivity index is 1.73. The van der Waals surface area contributed by atoms with Crippen LogP contribution in [0.2, 0.25) is 0 Å². The van der Waals surface area contributed by atoms with Crippen molar-refractivity contribution in [3.05, 3.63) is 29.8 Å². The smallest absolute Gasteiger partial charge is 0.310 e. The van der Waals surface area contributed by atoms with Crippen molar-refractivity contribution in [1.82, 2.24) is 0 Å². The van der Waals surface area contributed by atoms with Crippen LogP contribution in [0.3, 0.4) is 0 Å². The van der Waals surface area contributed by atoms with Crippen LogP contribution in [0.25, 0.3) is 0 Å². The van der Waals surface area contributed by atoms with Gasteiger partial charge in [-0.05, 0) is 37.1 Å². The van der Waals surface area contributed by atoms with Crippen LogP contribution in [-0.2, 0) is 14.3 Å². The summed E-state index contributed by atoms with van der Waals surface area (Å²) in [6.07, 6.45) is 0.665. The number of carboxylic acids is 1. The number of aliphatic carboxylic acids is 1.